The fraction of sp³-hybridized carbons (Fsp3) is 0.562. The largest absolute Gasteiger partial charge is 0.478 e. The van der Waals surface area contributed by atoms with Gasteiger partial charge in [0.1, 0.15) is 5.82 Å². The Bertz CT molecular complexity index is 486. The fourth-order valence-electron chi connectivity index (χ4n) is 3.01. The number of hydrogen-bond acceptors (Lipinski definition) is 3. The van der Waals surface area contributed by atoms with Gasteiger partial charge in [0, 0.05) is 24.7 Å². The average molecular weight is 295 g/mol. The first kappa shape index (κ1) is 15.9. The molecule has 1 aromatic rings. The van der Waals surface area contributed by atoms with Gasteiger partial charge >= 0.3 is 5.97 Å². The molecule has 0 radical (unpaired) electrons. The Kier molecular flexibility index (Phi) is 5.70. The van der Waals surface area contributed by atoms with Gasteiger partial charge in [-0.25, -0.2) is 9.18 Å². The fourth-order valence-corrected chi connectivity index (χ4v) is 3.01. The highest BCUT2D eigenvalue weighted by Gasteiger charge is 2.22. The molecule has 5 heteroatoms. The van der Waals surface area contributed by atoms with E-state index in [9.17, 15) is 14.3 Å². The standard InChI is InChI=1S/C16H22FNO3/c17-15-7-6-12(16(20)21)10-13(15)11-18(8-9-19)14-4-2-1-3-5-14/h6-7,10,14,19H,1-5,8-9,11H2,(H,20,21). The monoisotopic (exact) mass is 295 g/mol. The molecular formula is C16H22FNO3. The minimum atomic E-state index is -1.05. The molecule has 116 valence electrons. The number of carbonyl (C=O) groups is 1. The molecule has 1 fully saturated rings. The van der Waals surface area contributed by atoms with Gasteiger partial charge in [-0.1, -0.05) is 19.3 Å². The second-order valence-electron chi connectivity index (χ2n) is 5.60. The van der Waals surface area contributed by atoms with Crippen LogP contribution in [0.2, 0.25) is 0 Å². The Morgan fingerprint density at radius 3 is 2.62 bits per heavy atom. The Morgan fingerprint density at radius 2 is 2.00 bits per heavy atom. The molecule has 0 aliphatic heterocycles. The van der Waals surface area contributed by atoms with Crippen LogP contribution in [0.15, 0.2) is 18.2 Å². The number of halogens is 1. The minimum Gasteiger partial charge on any atom is -0.478 e. The first-order valence-electron chi connectivity index (χ1n) is 7.48. The van der Waals surface area contributed by atoms with Crippen molar-refractivity contribution in [3.05, 3.63) is 35.1 Å². The summed E-state index contributed by atoms with van der Waals surface area (Å²) >= 11 is 0. The summed E-state index contributed by atoms with van der Waals surface area (Å²) < 4.78 is 13.9. The van der Waals surface area contributed by atoms with Crippen molar-refractivity contribution in [3.8, 4) is 0 Å². The van der Waals surface area contributed by atoms with Gasteiger partial charge in [-0.2, -0.15) is 0 Å². The third kappa shape index (κ3) is 4.25. The number of carboxylic acids is 1. The number of aliphatic hydroxyl groups is 1. The molecule has 0 aromatic heterocycles. The van der Waals surface area contributed by atoms with Crippen molar-refractivity contribution in [1.29, 1.82) is 0 Å². The molecule has 0 amide bonds. The predicted octanol–water partition coefficient (Wildman–Crippen LogP) is 2.65. The third-order valence-corrected chi connectivity index (χ3v) is 4.14. The molecule has 0 bridgehead atoms. The lowest BCUT2D eigenvalue weighted by Gasteiger charge is -2.34. The van der Waals surface area contributed by atoms with Crippen molar-refractivity contribution in [3.63, 3.8) is 0 Å². The molecule has 0 saturated heterocycles. The molecule has 0 unspecified atom stereocenters. The van der Waals surface area contributed by atoms with Crippen molar-refractivity contribution in [2.24, 2.45) is 0 Å². The van der Waals surface area contributed by atoms with E-state index in [2.05, 4.69) is 4.90 Å². The number of aromatic carboxylic acids is 1. The van der Waals surface area contributed by atoms with Gasteiger partial charge in [0.05, 0.1) is 12.2 Å². The number of hydrogen-bond donors (Lipinski definition) is 2. The van der Waals surface area contributed by atoms with E-state index in [0.29, 0.717) is 24.7 Å². The Labute approximate surface area is 124 Å². The van der Waals surface area contributed by atoms with E-state index in [1.54, 1.807) is 0 Å². The van der Waals surface area contributed by atoms with Crippen LogP contribution in [0.1, 0.15) is 48.0 Å². The molecule has 0 heterocycles. The van der Waals surface area contributed by atoms with E-state index in [1.165, 1.54) is 24.6 Å². The van der Waals surface area contributed by atoms with Crippen LogP contribution in [-0.2, 0) is 6.54 Å². The summed E-state index contributed by atoms with van der Waals surface area (Å²) in [4.78, 5) is 13.1. The van der Waals surface area contributed by atoms with Crippen LogP contribution in [0.25, 0.3) is 0 Å². The first-order chi connectivity index (χ1) is 10.1. The molecule has 21 heavy (non-hydrogen) atoms. The van der Waals surface area contributed by atoms with Crippen LogP contribution in [0, 0.1) is 5.82 Å². The van der Waals surface area contributed by atoms with Crippen LogP contribution in [0.5, 0.6) is 0 Å². The molecule has 0 atom stereocenters. The molecular weight excluding hydrogens is 273 g/mol. The van der Waals surface area contributed by atoms with Crippen LogP contribution in [0.4, 0.5) is 4.39 Å². The van der Waals surface area contributed by atoms with Gasteiger partial charge < -0.3 is 10.2 Å². The van der Waals surface area contributed by atoms with E-state index in [1.807, 2.05) is 0 Å². The predicted molar refractivity (Wildman–Crippen MR) is 77.7 cm³/mol. The molecule has 1 saturated carbocycles. The molecule has 0 spiro atoms. The van der Waals surface area contributed by atoms with Gasteiger partial charge in [-0.05, 0) is 31.0 Å². The number of rotatable bonds is 6. The zero-order valence-electron chi connectivity index (χ0n) is 12.1. The molecule has 1 aliphatic rings. The maximum absolute atomic E-state index is 13.9. The van der Waals surface area contributed by atoms with E-state index in [-0.39, 0.29) is 12.2 Å². The summed E-state index contributed by atoms with van der Waals surface area (Å²) in [6.07, 6.45) is 5.65. The van der Waals surface area contributed by atoms with E-state index in [0.717, 1.165) is 25.7 Å². The average Bonchev–Trinajstić information content (AvgIpc) is 2.49. The summed E-state index contributed by atoms with van der Waals surface area (Å²) in [5, 5.41) is 18.2. The molecule has 1 aliphatic carbocycles. The van der Waals surface area contributed by atoms with E-state index in [4.69, 9.17) is 5.11 Å². The normalized spacial score (nSPS) is 16.3. The van der Waals surface area contributed by atoms with Gasteiger partial charge in [-0.3, -0.25) is 4.90 Å². The molecule has 2 N–H and O–H groups in total. The maximum atomic E-state index is 13.9. The van der Waals surface area contributed by atoms with E-state index >= 15 is 0 Å². The highest BCUT2D eigenvalue weighted by molar-refractivity contribution is 5.87. The summed E-state index contributed by atoms with van der Waals surface area (Å²) in [6.45, 7) is 0.857. The van der Waals surface area contributed by atoms with Crippen LogP contribution in [0.3, 0.4) is 0 Å². The number of nitrogens with zero attached hydrogens (tertiary/aromatic N) is 1. The Morgan fingerprint density at radius 1 is 1.29 bits per heavy atom. The highest BCUT2D eigenvalue weighted by atomic mass is 19.1. The van der Waals surface area contributed by atoms with Crippen LogP contribution >= 0.6 is 0 Å². The van der Waals surface area contributed by atoms with Gasteiger partial charge in [0.2, 0.25) is 0 Å². The zero-order valence-corrected chi connectivity index (χ0v) is 12.1. The Balaban J connectivity index is 2.15. The van der Waals surface area contributed by atoms with Crippen molar-refractivity contribution in [2.75, 3.05) is 13.2 Å². The minimum absolute atomic E-state index is 0.0245. The number of carboxylic acid groups (broad SMARTS) is 1. The summed E-state index contributed by atoms with van der Waals surface area (Å²) in [5.74, 6) is -1.44. The molecule has 2 rings (SSSR count). The topological polar surface area (TPSA) is 60.8 Å². The maximum Gasteiger partial charge on any atom is 0.335 e. The van der Waals surface area contributed by atoms with E-state index < -0.39 is 11.8 Å². The summed E-state index contributed by atoms with van der Waals surface area (Å²) in [6, 6.07) is 4.22. The lowest BCUT2D eigenvalue weighted by atomic mass is 9.93. The van der Waals surface area contributed by atoms with Crippen molar-refractivity contribution in [2.45, 2.75) is 44.7 Å². The molecule has 4 nitrogen and oxygen atoms in total. The smallest absolute Gasteiger partial charge is 0.335 e. The summed E-state index contributed by atoms with van der Waals surface area (Å²) in [7, 11) is 0. The van der Waals surface area contributed by atoms with Crippen LogP contribution < -0.4 is 0 Å². The van der Waals surface area contributed by atoms with Gasteiger partial charge in [0.25, 0.3) is 0 Å². The second kappa shape index (κ2) is 7.52. The summed E-state index contributed by atoms with van der Waals surface area (Å²) in [5.41, 5.74) is 0.480. The lowest BCUT2D eigenvalue weighted by molar-refractivity contribution is 0.0696. The highest BCUT2D eigenvalue weighted by Crippen LogP contribution is 2.24. The quantitative estimate of drug-likeness (QED) is 0.847. The lowest BCUT2D eigenvalue weighted by Crippen LogP contribution is -2.38. The van der Waals surface area contributed by atoms with Gasteiger partial charge in [-0.15, -0.1) is 0 Å². The number of aliphatic hydroxyl groups excluding tert-OH is 1. The van der Waals surface area contributed by atoms with Gasteiger partial charge in [0.15, 0.2) is 0 Å². The van der Waals surface area contributed by atoms with Crippen molar-refractivity contribution >= 4 is 5.97 Å². The third-order valence-electron chi connectivity index (χ3n) is 4.14. The number of benzene rings is 1. The van der Waals surface area contributed by atoms with Crippen molar-refractivity contribution in [1.82, 2.24) is 4.90 Å². The van der Waals surface area contributed by atoms with Crippen LogP contribution in [-0.4, -0.2) is 40.3 Å². The first-order valence-corrected chi connectivity index (χ1v) is 7.48. The SMILES string of the molecule is O=C(O)c1ccc(F)c(CN(CCO)C2CCCCC2)c1. The molecule has 1 aromatic carbocycles. The van der Waals surface area contributed by atoms with Crippen molar-refractivity contribution < 1.29 is 19.4 Å². The second-order valence-corrected chi connectivity index (χ2v) is 5.60. The zero-order chi connectivity index (χ0) is 15.2. The Hall–Kier alpha value is -1.46.